The van der Waals surface area contributed by atoms with Gasteiger partial charge in [-0.05, 0) is 31.2 Å². The smallest absolute Gasteiger partial charge is 0.257 e. The Labute approximate surface area is 120 Å². The number of nitrogen functional groups attached to an aromatic ring is 1. The number of halogens is 2. The zero-order valence-electron chi connectivity index (χ0n) is 11.5. The number of aryl methyl sites for hydroxylation is 1. The van der Waals surface area contributed by atoms with Crippen LogP contribution in [-0.4, -0.2) is 26.0 Å². The van der Waals surface area contributed by atoms with E-state index in [0.717, 1.165) is 11.1 Å². The first-order valence-corrected chi connectivity index (χ1v) is 6.66. The Hall–Kier alpha value is -2.44. The van der Waals surface area contributed by atoms with Crippen LogP contribution in [0.3, 0.4) is 0 Å². The highest BCUT2D eigenvalue weighted by atomic mass is 19.3. The maximum atomic E-state index is 12.7. The minimum absolute atomic E-state index is 0.444. The average molecular weight is 291 g/mol. The molecular weight excluding hydrogens is 276 g/mol. The molecule has 0 saturated carbocycles. The number of aromatic nitrogens is 4. The van der Waals surface area contributed by atoms with Crippen molar-refractivity contribution in [3.8, 4) is 11.4 Å². The van der Waals surface area contributed by atoms with Gasteiger partial charge in [-0.3, -0.25) is 9.36 Å². The molecule has 0 atom stereocenters. The maximum absolute atomic E-state index is 12.7. The zero-order chi connectivity index (χ0) is 15.0. The number of nitrogens with two attached hydrogens (primary N) is 1. The summed E-state index contributed by atoms with van der Waals surface area (Å²) in [5, 5.41) is 9.30. The van der Waals surface area contributed by atoms with Crippen LogP contribution in [0.2, 0.25) is 0 Å². The van der Waals surface area contributed by atoms with Crippen molar-refractivity contribution >= 4 is 16.6 Å². The van der Waals surface area contributed by atoms with Gasteiger partial charge >= 0.3 is 0 Å². The highest BCUT2D eigenvalue weighted by Crippen LogP contribution is 2.29. The third-order valence-corrected chi connectivity index (χ3v) is 3.34. The van der Waals surface area contributed by atoms with Crippen molar-refractivity contribution in [1.29, 1.82) is 0 Å². The summed E-state index contributed by atoms with van der Waals surface area (Å²) >= 11 is 0. The molecule has 2 heterocycles. The molecule has 0 fully saturated rings. The van der Waals surface area contributed by atoms with E-state index in [4.69, 9.17) is 5.73 Å². The molecule has 0 bridgehead atoms. The average Bonchev–Trinajstić information content (AvgIpc) is 3.02. The fourth-order valence-corrected chi connectivity index (χ4v) is 2.44. The molecule has 0 saturated heterocycles. The lowest BCUT2D eigenvalue weighted by atomic mass is 10.1. The van der Waals surface area contributed by atoms with E-state index in [1.165, 1.54) is 4.68 Å². The second kappa shape index (κ2) is 5.16. The fourth-order valence-electron chi connectivity index (χ4n) is 2.44. The van der Waals surface area contributed by atoms with Crippen LogP contribution < -0.4 is 5.73 Å². The standard InChI is InChI=1S/C14H15F2N5/c1-2-20-12(5-6-18-20)14-10-7-9(17)3-4-11(10)21(19-14)8-13(15)16/h3-7,13H,2,8,17H2,1H3. The van der Waals surface area contributed by atoms with Gasteiger partial charge < -0.3 is 5.73 Å². The third-order valence-electron chi connectivity index (χ3n) is 3.34. The number of fused-ring (bicyclic) bond motifs is 1. The monoisotopic (exact) mass is 291 g/mol. The molecule has 0 unspecified atom stereocenters. The van der Waals surface area contributed by atoms with Crippen molar-refractivity contribution in [2.24, 2.45) is 0 Å². The van der Waals surface area contributed by atoms with Crippen LogP contribution in [0.25, 0.3) is 22.3 Å². The van der Waals surface area contributed by atoms with E-state index in [-0.39, 0.29) is 0 Å². The maximum Gasteiger partial charge on any atom is 0.257 e. The number of hydrogen-bond donors (Lipinski definition) is 1. The number of hydrogen-bond acceptors (Lipinski definition) is 3. The molecule has 2 N–H and O–H groups in total. The van der Waals surface area contributed by atoms with Gasteiger partial charge in [0, 0.05) is 23.8 Å². The lowest BCUT2D eigenvalue weighted by molar-refractivity contribution is 0.123. The summed E-state index contributed by atoms with van der Waals surface area (Å²) in [5.41, 5.74) is 8.45. The molecule has 0 aliphatic carbocycles. The number of benzene rings is 1. The first-order valence-electron chi connectivity index (χ1n) is 6.66. The Morgan fingerprint density at radius 3 is 2.76 bits per heavy atom. The van der Waals surface area contributed by atoms with Gasteiger partial charge in [-0.25, -0.2) is 8.78 Å². The molecule has 0 aliphatic rings. The molecule has 7 heteroatoms. The van der Waals surface area contributed by atoms with E-state index in [0.29, 0.717) is 23.4 Å². The van der Waals surface area contributed by atoms with Crippen molar-refractivity contribution in [2.75, 3.05) is 5.73 Å². The molecule has 0 spiro atoms. The quantitative estimate of drug-likeness (QED) is 0.752. The van der Waals surface area contributed by atoms with Crippen LogP contribution in [-0.2, 0) is 13.1 Å². The van der Waals surface area contributed by atoms with Gasteiger partial charge in [0.2, 0.25) is 0 Å². The van der Waals surface area contributed by atoms with E-state index >= 15 is 0 Å². The predicted molar refractivity (Wildman–Crippen MR) is 77.0 cm³/mol. The Balaban J connectivity index is 2.24. The molecule has 0 radical (unpaired) electrons. The normalized spacial score (nSPS) is 11.6. The molecule has 21 heavy (non-hydrogen) atoms. The largest absolute Gasteiger partial charge is 0.399 e. The summed E-state index contributed by atoms with van der Waals surface area (Å²) in [7, 11) is 0. The number of alkyl halides is 2. The number of anilines is 1. The fraction of sp³-hybridized carbons (Fsp3) is 0.286. The Kier molecular flexibility index (Phi) is 3.32. The molecule has 2 aromatic heterocycles. The lowest BCUT2D eigenvalue weighted by Gasteiger charge is -2.02. The summed E-state index contributed by atoms with van der Waals surface area (Å²) in [4.78, 5) is 0. The number of rotatable bonds is 4. The van der Waals surface area contributed by atoms with Gasteiger partial charge in [0.05, 0.1) is 11.2 Å². The van der Waals surface area contributed by atoms with Gasteiger partial charge in [0.1, 0.15) is 12.2 Å². The molecule has 3 rings (SSSR count). The van der Waals surface area contributed by atoms with Crippen LogP contribution in [0.1, 0.15) is 6.92 Å². The van der Waals surface area contributed by atoms with E-state index in [2.05, 4.69) is 10.2 Å². The molecule has 1 aromatic carbocycles. The van der Waals surface area contributed by atoms with Crippen LogP contribution in [0.4, 0.5) is 14.5 Å². The van der Waals surface area contributed by atoms with Crippen molar-refractivity contribution in [2.45, 2.75) is 26.4 Å². The Morgan fingerprint density at radius 1 is 1.24 bits per heavy atom. The van der Waals surface area contributed by atoms with Crippen LogP contribution in [0.15, 0.2) is 30.5 Å². The summed E-state index contributed by atoms with van der Waals surface area (Å²) in [6.07, 6.45) is -0.794. The Morgan fingerprint density at radius 2 is 2.05 bits per heavy atom. The summed E-state index contributed by atoms with van der Waals surface area (Å²) < 4.78 is 28.5. The van der Waals surface area contributed by atoms with Gasteiger partial charge in [-0.2, -0.15) is 10.2 Å². The van der Waals surface area contributed by atoms with Crippen LogP contribution >= 0.6 is 0 Å². The molecule has 0 amide bonds. The van der Waals surface area contributed by atoms with Crippen molar-refractivity contribution in [3.05, 3.63) is 30.5 Å². The summed E-state index contributed by atoms with van der Waals surface area (Å²) in [6, 6.07) is 6.98. The van der Waals surface area contributed by atoms with Crippen molar-refractivity contribution in [1.82, 2.24) is 19.6 Å². The highest BCUT2D eigenvalue weighted by Gasteiger charge is 2.17. The third kappa shape index (κ3) is 2.35. The topological polar surface area (TPSA) is 61.7 Å². The van der Waals surface area contributed by atoms with Gasteiger partial charge in [0.15, 0.2) is 0 Å². The predicted octanol–water partition coefficient (Wildman–Crippen LogP) is 2.77. The SMILES string of the molecule is CCn1nccc1-c1nn(CC(F)F)c2ccc(N)cc12. The second-order valence-corrected chi connectivity index (χ2v) is 4.73. The van der Waals surface area contributed by atoms with Gasteiger partial charge in [-0.15, -0.1) is 0 Å². The van der Waals surface area contributed by atoms with Crippen LogP contribution in [0.5, 0.6) is 0 Å². The number of nitrogens with zero attached hydrogens (tertiary/aromatic N) is 4. The Bertz CT molecular complexity index is 775. The first kappa shape index (κ1) is 13.5. The molecule has 5 nitrogen and oxygen atoms in total. The summed E-state index contributed by atoms with van der Waals surface area (Å²) in [5.74, 6) is 0. The second-order valence-electron chi connectivity index (χ2n) is 4.73. The van der Waals surface area contributed by atoms with Crippen molar-refractivity contribution < 1.29 is 8.78 Å². The van der Waals surface area contributed by atoms with Crippen LogP contribution in [0, 0.1) is 0 Å². The minimum Gasteiger partial charge on any atom is -0.399 e. The highest BCUT2D eigenvalue weighted by molar-refractivity contribution is 5.94. The van der Waals surface area contributed by atoms with E-state index in [1.807, 2.05) is 13.0 Å². The van der Waals surface area contributed by atoms with E-state index in [1.54, 1.807) is 29.1 Å². The van der Waals surface area contributed by atoms with E-state index in [9.17, 15) is 8.78 Å². The van der Waals surface area contributed by atoms with Crippen molar-refractivity contribution in [3.63, 3.8) is 0 Å². The molecule has 3 aromatic rings. The minimum atomic E-state index is -2.46. The van der Waals surface area contributed by atoms with Gasteiger partial charge in [-0.1, -0.05) is 0 Å². The molecule has 0 aliphatic heterocycles. The molecular formula is C14H15F2N5. The zero-order valence-corrected chi connectivity index (χ0v) is 11.5. The molecule has 110 valence electrons. The summed E-state index contributed by atoms with van der Waals surface area (Å²) in [6.45, 7) is 2.19. The first-order chi connectivity index (χ1) is 10.1. The van der Waals surface area contributed by atoms with Gasteiger partial charge in [0.25, 0.3) is 6.43 Å². The van der Waals surface area contributed by atoms with E-state index < -0.39 is 13.0 Å². The lowest BCUT2D eigenvalue weighted by Crippen LogP contribution is -2.08.